The third-order valence-corrected chi connectivity index (χ3v) is 6.61. The Kier molecular flexibility index (Phi) is 5.80. The molecule has 1 aliphatic rings. The average Bonchev–Trinajstić information content (AvgIpc) is 3.04. The van der Waals surface area contributed by atoms with Gasteiger partial charge in [-0.05, 0) is 51.7 Å². The number of thiophene rings is 1. The Morgan fingerprint density at radius 2 is 1.87 bits per heavy atom. The second-order valence-corrected chi connectivity index (χ2v) is 8.41. The number of rotatable bonds is 5. The van der Waals surface area contributed by atoms with Crippen LogP contribution in [-0.2, 0) is 13.1 Å². The monoisotopic (exact) mass is 351 g/mol. The van der Waals surface area contributed by atoms with E-state index in [0.29, 0.717) is 0 Å². The van der Waals surface area contributed by atoms with Gasteiger partial charge in [0.05, 0.1) is 9.90 Å². The molecule has 1 aliphatic heterocycles. The zero-order chi connectivity index (χ0) is 16.2. The normalized spacial score (nSPS) is 17.5. The van der Waals surface area contributed by atoms with E-state index < -0.39 is 0 Å². The summed E-state index contributed by atoms with van der Waals surface area (Å²) in [7, 11) is 0. The number of nitrogens with zero attached hydrogens (tertiary/aromatic N) is 3. The second kappa shape index (κ2) is 7.83. The lowest BCUT2D eigenvalue weighted by atomic mass is 10.2. The molecule has 0 N–H and O–H groups in total. The van der Waals surface area contributed by atoms with Crippen LogP contribution in [0.3, 0.4) is 0 Å². The minimum absolute atomic E-state index is 0.963. The summed E-state index contributed by atoms with van der Waals surface area (Å²) in [4.78, 5) is 6.60. The van der Waals surface area contributed by atoms with Crippen molar-refractivity contribution in [1.82, 2.24) is 15.0 Å². The van der Waals surface area contributed by atoms with Gasteiger partial charge in [0.15, 0.2) is 0 Å². The van der Waals surface area contributed by atoms with Crippen LogP contribution in [0.25, 0.3) is 0 Å². The highest BCUT2D eigenvalue weighted by Gasteiger charge is 2.18. The van der Waals surface area contributed by atoms with Crippen LogP contribution in [0, 0.1) is 13.8 Å². The first-order chi connectivity index (χ1) is 11.2. The first-order valence-corrected chi connectivity index (χ1v) is 10.2. The summed E-state index contributed by atoms with van der Waals surface area (Å²) in [5.41, 5.74) is 2.30. The molecule has 0 saturated carbocycles. The van der Waals surface area contributed by atoms with Crippen molar-refractivity contribution in [3.63, 3.8) is 0 Å². The lowest BCUT2D eigenvalue weighted by molar-refractivity contribution is 0.247. The molecule has 1 saturated heterocycles. The second-order valence-electron chi connectivity index (χ2n) is 6.13. The number of hydrogen-bond donors (Lipinski definition) is 0. The van der Waals surface area contributed by atoms with Crippen molar-refractivity contribution in [3.05, 3.63) is 34.0 Å². The Balaban J connectivity index is 1.54. The summed E-state index contributed by atoms with van der Waals surface area (Å²) < 4.78 is 6.71. The van der Waals surface area contributed by atoms with Gasteiger partial charge in [0.2, 0.25) is 0 Å². The maximum absolute atomic E-state index is 5.29. The molecule has 0 radical (unpaired) electrons. The first kappa shape index (κ1) is 17.0. The van der Waals surface area contributed by atoms with E-state index in [2.05, 4.69) is 33.3 Å². The minimum Gasteiger partial charge on any atom is -0.361 e. The number of thioether (sulfide) groups is 1. The van der Waals surface area contributed by atoms with E-state index in [4.69, 9.17) is 4.52 Å². The van der Waals surface area contributed by atoms with Gasteiger partial charge in [0, 0.05) is 36.6 Å². The predicted molar refractivity (Wildman–Crippen MR) is 97.2 cm³/mol. The fourth-order valence-corrected chi connectivity index (χ4v) is 4.70. The van der Waals surface area contributed by atoms with Gasteiger partial charge in [0.1, 0.15) is 5.76 Å². The lowest BCUT2D eigenvalue weighted by Gasteiger charge is -2.21. The molecule has 23 heavy (non-hydrogen) atoms. The first-order valence-electron chi connectivity index (χ1n) is 8.15. The molecular formula is C17H25N3OS2. The topological polar surface area (TPSA) is 32.5 Å². The van der Waals surface area contributed by atoms with Crippen LogP contribution in [-0.4, -0.2) is 47.4 Å². The van der Waals surface area contributed by atoms with E-state index in [1.807, 2.05) is 36.9 Å². The quantitative estimate of drug-likeness (QED) is 0.766. The van der Waals surface area contributed by atoms with Crippen LogP contribution < -0.4 is 0 Å². The van der Waals surface area contributed by atoms with E-state index >= 15 is 0 Å². The van der Waals surface area contributed by atoms with Gasteiger partial charge in [-0.15, -0.1) is 23.1 Å². The maximum Gasteiger partial charge on any atom is 0.138 e. The van der Waals surface area contributed by atoms with Gasteiger partial charge in [-0.25, -0.2) is 0 Å². The van der Waals surface area contributed by atoms with Crippen LogP contribution in [0.15, 0.2) is 20.9 Å². The molecule has 6 heteroatoms. The molecule has 2 aromatic heterocycles. The third kappa shape index (κ3) is 4.38. The van der Waals surface area contributed by atoms with Crippen LogP contribution in [0.1, 0.15) is 28.3 Å². The molecule has 0 aliphatic carbocycles. The molecule has 2 aromatic rings. The fourth-order valence-electron chi connectivity index (χ4n) is 3.07. The van der Waals surface area contributed by atoms with Crippen molar-refractivity contribution in [1.29, 1.82) is 0 Å². The third-order valence-electron chi connectivity index (χ3n) is 4.46. The Labute approximate surface area is 146 Å². The van der Waals surface area contributed by atoms with Gasteiger partial charge in [-0.3, -0.25) is 9.80 Å². The van der Waals surface area contributed by atoms with Crippen LogP contribution in [0.2, 0.25) is 0 Å². The van der Waals surface area contributed by atoms with Gasteiger partial charge in [-0.1, -0.05) is 5.16 Å². The van der Waals surface area contributed by atoms with E-state index in [-0.39, 0.29) is 0 Å². The highest BCUT2D eigenvalue weighted by molar-refractivity contribution is 8.00. The average molecular weight is 352 g/mol. The van der Waals surface area contributed by atoms with Crippen molar-refractivity contribution in [2.24, 2.45) is 0 Å². The minimum atomic E-state index is 0.963. The lowest BCUT2D eigenvalue weighted by Crippen LogP contribution is -2.30. The predicted octanol–water partition coefficient (Wildman–Crippen LogP) is 3.78. The number of aromatic nitrogens is 1. The zero-order valence-corrected chi connectivity index (χ0v) is 15.8. The molecule has 0 bridgehead atoms. The summed E-state index contributed by atoms with van der Waals surface area (Å²) in [5.74, 6) is 0.965. The molecule has 0 unspecified atom stereocenters. The molecule has 0 aromatic carbocycles. The largest absolute Gasteiger partial charge is 0.361 e. The fraction of sp³-hybridized carbons (Fsp3) is 0.588. The molecule has 4 nitrogen and oxygen atoms in total. The molecule has 3 rings (SSSR count). The van der Waals surface area contributed by atoms with Crippen molar-refractivity contribution >= 4 is 23.1 Å². The Bertz CT molecular complexity index is 618. The van der Waals surface area contributed by atoms with Gasteiger partial charge < -0.3 is 4.52 Å². The summed E-state index contributed by atoms with van der Waals surface area (Å²) >= 11 is 3.77. The molecule has 1 fully saturated rings. The van der Waals surface area contributed by atoms with Crippen LogP contribution in [0.4, 0.5) is 0 Å². The van der Waals surface area contributed by atoms with Crippen molar-refractivity contribution in [2.75, 3.05) is 32.4 Å². The molecule has 0 spiro atoms. The van der Waals surface area contributed by atoms with E-state index in [1.165, 1.54) is 27.6 Å². The molecule has 0 atom stereocenters. The number of aryl methyl sites for hydroxylation is 2. The standard InChI is InChI=1S/C17H25N3OS2/c1-13-16(14(2)21-18-13)12-20-8-4-7-19(9-10-20)11-15-5-6-17(22-3)23-15/h5-6H,4,7-12H2,1-3H3. The van der Waals surface area contributed by atoms with Crippen molar-refractivity contribution < 1.29 is 4.52 Å². The van der Waals surface area contributed by atoms with Gasteiger partial charge in [0.25, 0.3) is 0 Å². The highest BCUT2D eigenvalue weighted by atomic mass is 32.2. The summed E-state index contributed by atoms with van der Waals surface area (Å²) in [6.45, 7) is 10.7. The van der Waals surface area contributed by atoms with Gasteiger partial charge >= 0.3 is 0 Å². The Hall–Kier alpha value is -0.820. The Morgan fingerprint density at radius 3 is 2.48 bits per heavy atom. The molecule has 0 amide bonds. The molecule has 3 heterocycles. The van der Waals surface area contributed by atoms with E-state index in [0.717, 1.165) is 44.2 Å². The molecule has 126 valence electrons. The smallest absolute Gasteiger partial charge is 0.138 e. The number of hydrogen-bond acceptors (Lipinski definition) is 6. The van der Waals surface area contributed by atoms with Gasteiger partial charge in [-0.2, -0.15) is 0 Å². The van der Waals surface area contributed by atoms with E-state index in [1.54, 1.807) is 0 Å². The van der Waals surface area contributed by atoms with Crippen LogP contribution >= 0.6 is 23.1 Å². The van der Waals surface area contributed by atoms with Crippen LogP contribution in [0.5, 0.6) is 0 Å². The SMILES string of the molecule is CSc1ccc(CN2CCCN(Cc3c(C)noc3C)CC2)s1. The Morgan fingerprint density at radius 1 is 1.13 bits per heavy atom. The van der Waals surface area contributed by atoms with E-state index in [9.17, 15) is 0 Å². The van der Waals surface area contributed by atoms with Crippen molar-refractivity contribution in [2.45, 2.75) is 37.6 Å². The van der Waals surface area contributed by atoms with Crippen molar-refractivity contribution in [3.8, 4) is 0 Å². The summed E-state index contributed by atoms with van der Waals surface area (Å²) in [6.07, 6.45) is 3.37. The molecular weight excluding hydrogens is 326 g/mol. The maximum atomic E-state index is 5.29. The highest BCUT2D eigenvalue weighted by Crippen LogP contribution is 2.26. The zero-order valence-electron chi connectivity index (χ0n) is 14.2. The summed E-state index contributed by atoms with van der Waals surface area (Å²) in [5, 5.41) is 4.07. The summed E-state index contributed by atoms with van der Waals surface area (Å²) in [6, 6.07) is 4.52.